The minimum atomic E-state index is -0.564. The second-order valence-corrected chi connectivity index (χ2v) is 5.42. The Kier molecular flexibility index (Phi) is 4.66. The third kappa shape index (κ3) is 3.73. The van der Waals surface area contributed by atoms with E-state index < -0.39 is 5.82 Å². The Labute approximate surface area is 133 Å². The molecule has 0 N–H and O–H groups in total. The molecule has 23 heavy (non-hydrogen) atoms. The summed E-state index contributed by atoms with van der Waals surface area (Å²) in [4.78, 5) is 12.4. The van der Waals surface area contributed by atoms with E-state index in [0.29, 0.717) is 5.95 Å². The van der Waals surface area contributed by atoms with Gasteiger partial charge in [0.2, 0.25) is 11.8 Å². The highest BCUT2D eigenvalue weighted by atomic mass is 19.1. The number of piperazine rings is 1. The fourth-order valence-electron chi connectivity index (χ4n) is 2.59. The molecule has 1 aromatic heterocycles. The van der Waals surface area contributed by atoms with Crippen LogP contribution in [-0.2, 0) is 6.54 Å². The van der Waals surface area contributed by atoms with Crippen LogP contribution in [-0.4, -0.2) is 48.2 Å². The lowest BCUT2D eigenvalue weighted by atomic mass is 10.2. The van der Waals surface area contributed by atoms with Crippen molar-refractivity contribution in [2.45, 2.75) is 6.54 Å². The highest BCUT2D eigenvalue weighted by molar-refractivity contribution is 5.33. The molecule has 0 unspecified atom stereocenters. The molecule has 0 spiro atoms. The smallest absolute Gasteiger partial charge is 0.255 e. The van der Waals surface area contributed by atoms with Gasteiger partial charge in [-0.1, -0.05) is 12.1 Å². The molecule has 0 aliphatic carbocycles. The first kappa shape index (κ1) is 15.6. The number of ether oxygens (including phenoxy) is 1. The van der Waals surface area contributed by atoms with Crippen molar-refractivity contribution >= 4 is 5.95 Å². The molecule has 5 nitrogen and oxygen atoms in total. The summed E-state index contributed by atoms with van der Waals surface area (Å²) in [6, 6.07) is 6.56. The minimum Gasteiger partial charge on any atom is -0.479 e. The topological polar surface area (TPSA) is 41.5 Å². The number of nitrogens with zero attached hydrogens (tertiary/aromatic N) is 4. The summed E-state index contributed by atoms with van der Waals surface area (Å²) in [5.41, 5.74) is 1.08. The quantitative estimate of drug-likeness (QED) is 0.863. The van der Waals surface area contributed by atoms with Crippen molar-refractivity contribution in [2.75, 3.05) is 38.2 Å². The fraction of sp³-hybridized carbons (Fsp3) is 0.375. The molecular formula is C16H18F2N4O. The summed E-state index contributed by atoms with van der Waals surface area (Å²) in [6.45, 7) is 3.94. The molecule has 122 valence electrons. The van der Waals surface area contributed by atoms with Crippen LogP contribution < -0.4 is 9.64 Å². The van der Waals surface area contributed by atoms with Gasteiger partial charge in [-0.2, -0.15) is 9.37 Å². The Balaban J connectivity index is 1.58. The lowest BCUT2D eigenvalue weighted by Gasteiger charge is -2.34. The predicted molar refractivity (Wildman–Crippen MR) is 82.4 cm³/mol. The second-order valence-electron chi connectivity index (χ2n) is 5.42. The monoisotopic (exact) mass is 320 g/mol. The van der Waals surface area contributed by atoms with Gasteiger partial charge in [-0.15, -0.1) is 0 Å². The maximum Gasteiger partial charge on any atom is 0.255 e. The predicted octanol–water partition coefficient (Wildman–Crippen LogP) is 2.09. The molecule has 2 heterocycles. The van der Waals surface area contributed by atoms with Crippen LogP contribution in [0.3, 0.4) is 0 Å². The van der Waals surface area contributed by atoms with E-state index in [1.807, 2.05) is 4.90 Å². The maximum absolute atomic E-state index is 13.4. The fourth-order valence-corrected chi connectivity index (χ4v) is 2.59. The zero-order chi connectivity index (χ0) is 16.2. The number of methoxy groups -OCH3 is 1. The molecule has 0 saturated carbocycles. The van der Waals surface area contributed by atoms with Gasteiger partial charge in [-0.3, -0.25) is 4.90 Å². The molecule has 2 aromatic rings. The van der Waals surface area contributed by atoms with E-state index in [0.717, 1.165) is 44.5 Å². The van der Waals surface area contributed by atoms with Crippen LogP contribution in [0.5, 0.6) is 5.88 Å². The molecule has 1 fully saturated rings. The minimum absolute atomic E-state index is 0.0382. The van der Waals surface area contributed by atoms with Crippen LogP contribution in [0.4, 0.5) is 14.7 Å². The van der Waals surface area contributed by atoms with E-state index >= 15 is 0 Å². The molecule has 7 heteroatoms. The van der Waals surface area contributed by atoms with Crippen molar-refractivity contribution in [3.63, 3.8) is 0 Å². The molecule has 1 aliphatic heterocycles. The molecule has 1 aliphatic rings. The van der Waals surface area contributed by atoms with Crippen LogP contribution in [0.25, 0.3) is 0 Å². The number of rotatable bonds is 4. The maximum atomic E-state index is 13.4. The number of hydrogen-bond acceptors (Lipinski definition) is 5. The van der Waals surface area contributed by atoms with Crippen molar-refractivity contribution in [3.05, 3.63) is 47.7 Å². The molecule has 1 aromatic carbocycles. The van der Waals surface area contributed by atoms with Gasteiger partial charge in [0.25, 0.3) is 5.88 Å². The first-order valence-corrected chi connectivity index (χ1v) is 7.44. The van der Waals surface area contributed by atoms with Crippen molar-refractivity contribution < 1.29 is 13.5 Å². The summed E-state index contributed by atoms with van der Waals surface area (Å²) in [5, 5.41) is 0. The van der Waals surface area contributed by atoms with E-state index in [-0.39, 0.29) is 11.7 Å². The highest BCUT2D eigenvalue weighted by Crippen LogP contribution is 2.18. The van der Waals surface area contributed by atoms with Gasteiger partial charge < -0.3 is 9.64 Å². The standard InChI is InChI=1S/C16H18F2N4O/c1-23-15-14(18)10-19-16(20-15)22-8-6-21(7-9-22)11-12-2-4-13(17)5-3-12/h2-5,10H,6-9,11H2,1H3. The molecular weight excluding hydrogens is 302 g/mol. The first-order chi connectivity index (χ1) is 11.2. The summed E-state index contributed by atoms with van der Waals surface area (Å²) in [7, 11) is 1.38. The average molecular weight is 320 g/mol. The van der Waals surface area contributed by atoms with Crippen molar-refractivity contribution in [1.29, 1.82) is 0 Å². The number of hydrogen-bond donors (Lipinski definition) is 0. The van der Waals surface area contributed by atoms with Gasteiger partial charge in [0.05, 0.1) is 13.3 Å². The molecule has 0 radical (unpaired) electrons. The molecule has 0 bridgehead atoms. The summed E-state index contributed by atoms with van der Waals surface area (Å²) in [6.07, 6.45) is 1.13. The van der Waals surface area contributed by atoms with Crippen molar-refractivity contribution in [3.8, 4) is 5.88 Å². The van der Waals surface area contributed by atoms with Crippen molar-refractivity contribution in [1.82, 2.24) is 14.9 Å². The van der Waals surface area contributed by atoms with Gasteiger partial charge in [0, 0.05) is 32.7 Å². The van der Waals surface area contributed by atoms with Crippen LogP contribution in [0, 0.1) is 11.6 Å². The Hall–Kier alpha value is -2.28. The normalized spacial score (nSPS) is 15.7. The Morgan fingerprint density at radius 2 is 1.78 bits per heavy atom. The molecule has 3 rings (SSSR count). The van der Waals surface area contributed by atoms with Gasteiger partial charge >= 0.3 is 0 Å². The molecule has 1 saturated heterocycles. The third-order valence-corrected chi connectivity index (χ3v) is 3.87. The van der Waals surface area contributed by atoms with Crippen molar-refractivity contribution in [2.24, 2.45) is 0 Å². The highest BCUT2D eigenvalue weighted by Gasteiger charge is 2.20. The van der Waals surface area contributed by atoms with E-state index in [9.17, 15) is 8.78 Å². The largest absolute Gasteiger partial charge is 0.479 e. The van der Waals surface area contributed by atoms with Crippen LogP contribution >= 0.6 is 0 Å². The summed E-state index contributed by atoms with van der Waals surface area (Å²) in [5.74, 6) is -0.347. The zero-order valence-electron chi connectivity index (χ0n) is 12.9. The van der Waals surface area contributed by atoms with Gasteiger partial charge in [0.15, 0.2) is 0 Å². The Morgan fingerprint density at radius 3 is 2.43 bits per heavy atom. The Morgan fingerprint density at radius 1 is 1.09 bits per heavy atom. The van der Waals surface area contributed by atoms with Crippen LogP contribution in [0.15, 0.2) is 30.5 Å². The van der Waals surface area contributed by atoms with E-state index in [2.05, 4.69) is 14.9 Å². The first-order valence-electron chi connectivity index (χ1n) is 7.44. The summed E-state index contributed by atoms with van der Waals surface area (Å²) < 4.78 is 31.2. The zero-order valence-corrected chi connectivity index (χ0v) is 12.9. The summed E-state index contributed by atoms with van der Waals surface area (Å²) >= 11 is 0. The Bertz CT molecular complexity index is 658. The number of anilines is 1. The number of halogens is 2. The van der Waals surface area contributed by atoms with Gasteiger partial charge in [0.1, 0.15) is 5.82 Å². The van der Waals surface area contributed by atoms with Gasteiger partial charge in [-0.25, -0.2) is 9.37 Å². The van der Waals surface area contributed by atoms with Gasteiger partial charge in [-0.05, 0) is 17.7 Å². The van der Waals surface area contributed by atoms with Crippen LogP contribution in [0.1, 0.15) is 5.56 Å². The lowest BCUT2D eigenvalue weighted by Crippen LogP contribution is -2.46. The number of benzene rings is 1. The third-order valence-electron chi connectivity index (χ3n) is 3.87. The molecule has 0 amide bonds. The molecule has 0 atom stereocenters. The van der Waals surface area contributed by atoms with E-state index in [1.54, 1.807) is 12.1 Å². The van der Waals surface area contributed by atoms with E-state index in [1.165, 1.54) is 19.2 Å². The van der Waals surface area contributed by atoms with Crippen LogP contribution in [0.2, 0.25) is 0 Å². The number of aromatic nitrogens is 2. The average Bonchev–Trinajstić information content (AvgIpc) is 2.58. The van der Waals surface area contributed by atoms with E-state index in [4.69, 9.17) is 4.74 Å². The second kappa shape index (κ2) is 6.87. The lowest BCUT2D eigenvalue weighted by molar-refractivity contribution is 0.248. The SMILES string of the molecule is COc1nc(N2CCN(Cc3ccc(F)cc3)CC2)ncc1F.